The molecule has 1 fully saturated rings. The Morgan fingerprint density at radius 1 is 1.25 bits per heavy atom. The van der Waals surface area contributed by atoms with Crippen molar-refractivity contribution in [2.75, 3.05) is 11.4 Å². The first kappa shape index (κ1) is 15.2. The van der Waals surface area contributed by atoms with Crippen molar-refractivity contribution in [3.05, 3.63) is 29.3 Å². The predicted molar refractivity (Wildman–Crippen MR) is 79.0 cm³/mol. The molecular formula is C16H24F2N2. The van der Waals surface area contributed by atoms with Crippen LogP contribution < -0.4 is 10.2 Å². The summed E-state index contributed by atoms with van der Waals surface area (Å²) in [6, 6.07) is 3.57. The lowest BCUT2D eigenvalue weighted by Crippen LogP contribution is -2.34. The van der Waals surface area contributed by atoms with Crippen LogP contribution in [-0.2, 0) is 6.54 Å². The minimum atomic E-state index is -0.459. The standard InChI is InChI=1S/C16H24F2N2/c1-4-11(3)20(5-2)16-14(17)8-12(9-15(16)18)10-19-13-6-7-13/h8-9,11,13,19H,4-7,10H2,1-3H3. The van der Waals surface area contributed by atoms with Gasteiger partial charge in [-0.3, -0.25) is 0 Å². The fraction of sp³-hybridized carbons (Fsp3) is 0.625. The average Bonchev–Trinajstić information content (AvgIpc) is 3.23. The van der Waals surface area contributed by atoms with Crippen LogP contribution in [0.4, 0.5) is 14.5 Å². The van der Waals surface area contributed by atoms with Gasteiger partial charge in [0.1, 0.15) is 17.3 Å². The van der Waals surface area contributed by atoms with E-state index in [0.29, 0.717) is 24.7 Å². The summed E-state index contributed by atoms with van der Waals surface area (Å²) in [4.78, 5) is 1.79. The highest BCUT2D eigenvalue weighted by molar-refractivity contribution is 5.51. The van der Waals surface area contributed by atoms with Crippen LogP contribution in [0.3, 0.4) is 0 Å². The highest BCUT2D eigenvalue weighted by Gasteiger charge is 2.22. The second kappa shape index (κ2) is 6.53. The molecule has 1 aromatic rings. The zero-order valence-corrected chi connectivity index (χ0v) is 12.5. The van der Waals surface area contributed by atoms with Gasteiger partial charge in [-0.1, -0.05) is 6.92 Å². The lowest BCUT2D eigenvalue weighted by molar-refractivity contribution is 0.540. The lowest BCUT2D eigenvalue weighted by atomic mass is 10.1. The zero-order chi connectivity index (χ0) is 14.7. The monoisotopic (exact) mass is 282 g/mol. The first-order valence-electron chi connectivity index (χ1n) is 7.54. The Kier molecular flexibility index (Phi) is 4.97. The maximum Gasteiger partial charge on any atom is 0.149 e. The second-order valence-corrected chi connectivity index (χ2v) is 5.61. The van der Waals surface area contributed by atoms with Crippen molar-refractivity contribution in [3.8, 4) is 0 Å². The van der Waals surface area contributed by atoms with E-state index in [1.165, 1.54) is 25.0 Å². The maximum absolute atomic E-state index is 14.3. The molecule has 0 aliphatic heterocycles. The smallest absolute Gasteiger partial charge is 0.149 e. The molecule has 1 aromatic carbocycles. The molecule has 4 heteroatoms. The first-order chi connectivity index (χ1) is 9.56. The van der Waals surface area contributed by atoms with Crippen LogP contribution in [0.1, 0.15) is 45.6 Å². The molecule has 1 unspecified atom stereocenters. The van der Waals surface area contributed by atoms with E-state index >= 15 is 0 Å². The van der Waals surface area contributed by atoms with Crippen LogP contribution in [0.15, 0.2) is 12.1 Å². The summed E-state index contributed by atoms with van der Waals surface area (Å²) < 4.78 is 28.6. The Hall–Kier alpha value is -1.16. The molecule has 0 saturated heterocycles. The third-order valence-electron chi connectivity index (χ3n) is 4.00. The largest absolute Gasteiger partial charge is 0.364 e. The van der Waals surface area contributed by atoms with Crippen molar-refractivity contribution in [1.82, 2.24) is 5.32 Å². The molecule has 0 radical (unpaired) electrons. The maximum atomic E-state index is 14.3. The summed E-state index contributed by atoms with van der Waals surface area (Å²) >= 11 is 0. The van der Waals surface area contributed by atoms with E-state index < -0.39 is 11.6 Å². The molecule has 2 rings (SSSR count). The van der Waals surface area contributed by atoms with E-state index in [1.807, 2.05) is 20.8 Å². The molecule has 0 aromatic heterocycles. The summed E-state index contributed by atoms with van der Waals surface area (Å²) in [7, 11) is 0. The number of hydrogen-bond donors (Lipinski definition) is 1. The van der Waals surface area contributed by atoms with Crippen LogP contribution in [0.25, 0.3) is 0 Å². The van der Waals surface area contributed by atoms with Crippen molar-refractivity contribution < 1.29 is 8.78 Å². The van der Waals surface area contributed by atoms with Crippen LogP contribution in [0, 0.1) is 11.6 Å². The van der Waals surface area contributed by atoms with Crippen molar-refractivity contribution in [2.24, 2.45) is 0 Å². The fourth-order valence-electron chi connectivity index (χ4n) is 2.45. The number of nitrogens with one attached hydrogen (secondary N) is 1. The van der Waals surface area contributed by atoms with Gasteiger partial charge in [0.25, 0.3) is 0 Å². The quantitative estimate of drug-likeness (QED) is 0.817. The molecule has 112 valence electrons. The first-order valence-corrected chi connectivity index (χ1v) is 7.54. The Morgan fingerprint density at radius 3 is 2.30 bits per heavy atom. The van der Waals surface area contributed by atoms with Crippen LogP contribution in [0.5, 0.6) is 0 Å². The van der Waals surface area contributed by atoms with Gasteiger partial charge in [0.05, 0.1) is 0 Å². The van der Waals surface area contributed by atoms with Crippen LogP contribution in [-0.4, -0.2) is 18.6 Å². The van der Waals surface area contributed by atoms with Gasteiger partial charge in [-0.25, -0.2) is 8.78 Å². The van der Waals surface area contributed by atoms with Crippen molar-refractivity contribution in [3.63, 3.8) is 0 Å². The normalized spacial score (nSPS) is 16.2. The molecule has 0 spiro atoms. The van der Waals surface area contributed by atoms with Crippen molar-refractivity contribution in [2.45, 2.75) is 58.7 Å². The number of benzene rings is 1. The molecule has 1 N–H and O–H groups in total. The molecule has 0 heterocycles. The number of hydrogen-bond acceptors (Lipinski definition) is 2. The topological polar surface area (TPSA) is 15.3 Å². The van der Waals surface area contributed by atoms with Gasteiger partial charge in [0.2, 0.25) is 0 Å². The van der Waals surface area contributed by atoms with Gasteiger partial charge >= 0.3 is 0 Å². The van der Waals surface area contributed by atoms with Crippen LogP contribution in [0.2, 0.25) is 0 Å². The Bertz CT molecular complexity index is 435. The lowest BCUT2D eigenvalue weighted by Gasteiger charge is -2.30. The zero-order valence-electron chi connectivity index (χ0n) is 12.5. The molecule has 1 atom stereocenters. The number of rotatable bonds is 7. The molecule has 2 nitrogen and oxygen atoms in total. The third kappa shape index (κ3) is 3.48. The van der Waals surface area contributed by atoms with E-state index in [2.05, 4.69) is 5.32 Å². The molecule has 0 bridgehead atoms. The summed E-state index contributed by atoms with van der Waals surface area (Å²) in [6.07, 6.45) is 3.19. The average molecular weight is 282 g/mol. The van der Waals surface area contributed by atoms with Gasteiger partial charge in [-0.15, -0.1) is 0 Å². The Labute approximate surface area is 120 Å². The number of halogens is 2. The molecule has 1 saturated carbocycles. The van der Waals surface area contributed by atoms with E-state index in [1.54, 1.807) is 4.90 Å². The number of anilines is 1. The van der Waals surface area contributed by atoms with Crippen molar-refractivity contribution >= 4 is 5.69 Å². The summed E-state index contributed by atoms with van der Waals surface area (Å²) in [6.45, 7) is 7.08. The van der Waals surface area contributed by atoms with Crippen LogP contribution >= 0.6 is 0 Å². The summed E-state index contributed by atoms with van der Waals surface area (Å²) in [5.74, 6) is -0.917. The minimum Gasteiger partial charge on any atom is -0.364 e. The van der Waals surface area contributed by atoms with Gasteiger partial charge in [0, 0.05) is 25.2 Å². The van der Waals surface area contributed by atoms with Crippen molar-refractivity contribution in [1.29, 1.82) is 0 Å². The molecule has 20 heavy (non-hydrogen) atoms. The molecule has 0 amide bonds. The second-order valence-electron chi connectivity index (χ2n) is 5.61. The third-order valence-corrected chi connectivity index (χ3v) is 4.00. The SMILES string of the molecule is CCC(C)N(CC)c1c(F)cc(CNC2CC2)cc1F. The summed E-state index contributed by atoms with van der Waals surface area (Å²) in [5.41, 5.74) is 0.785. The Morgan fingerprint density at radius 2 is 1.85 bits per heavy atom. The van der Waals surface area contributed by atoms with E-state index in [-0.39, 0.29) is 11.7 Å². The van der Waals surface area contributed by atoms with E-state index in [0.717, 1.165) is 6.42 Å². The Balaban J connectivity index is 2.19. The highest BCUT2D eigenvalue weighted by atomic mass is 19.1. The molecule has 1 aliphatic carbocycles. The van der Waals surface area contributed by atoms with E-state index in [4.69, 9.17) is 0 Å². The van der Waals surface area contributed by atoms with Gasteiger partial charge in [-0.05, 0) is 50.8 Å². The molecule has 1 aliphatic rings. The van der Waals surface area contributed by atoms with Gasteiger partial charge < -0.3 is 10.2 Å². The predicted octanol–water partition coefficient (Wildman–Crippen LogP) is 3.84. The minimum absolute atomic E-state index is 0.108. The van der Waals surface area contributed by atoms with Gasteiger partial charge in [0.15, 0.2) is 0 Å². The molecular weight excluding hydrogens is 258 g/mol. The van der Waals surface area contributed by atoms with E-state index in [9.17, 15) is 8.78 Å². The number of nitrogens with zero attached hydrogens (tertiary/aromatic N) is 1. The fourth-order valence-corrected chi connectivity index (χ4v) is 2.45. The van der Waals surface area contributed by atoms with Gasteiger partial charge in [-0.2, -0.15) is 0 Å². The summed E-state index contributed by atoms with van der Waals surface area (Å²) in [5, 5.41) is 3.28. The highest BCUT2D eigenvalue weighted by Crippen LogP contribution is 2.28.